The lowest BCUT2D eigenvalue weighted by Gasteiger charge is -2.44. The first kappa shape index (κ1) is 22.2. The van der Waals surface area contributed by atoms with Crippen molar-refractivity contribution in [2.24, 2.45) is 5.73 Å². The molecule has 3 N–H and O–H groups in total. The fourth-order valence-electron chi connectivity index (χ4n) is 4.70. The van der Waals surface area contributed by atoms with Crippen molar-refractivity contribution in [2.75, 3.05) is 19.7 Å². The minimum absolute atomic E-state index is 0.232. The number of likely N-dealkylation sites (tertiary alicyclic amines) is 1. The predicted molar refractivity (Wildman–Crippen MR) is 117 cm³/mol. The molecule has 4 heterocycles. The second-order valence-electron chi connectivity index (χ2n) is 8.58. The van der Waals surface area contributed by atoms with Crippen LogP contribution in [0, 0.1) is 12.7 Å². The molecule has 2 aromatic heterocycles. The standard InChI is InChI=1S/C22H24FN7O4/c1-13-25-12-30(27-13)16-10-15(23)3-2-14(16)11-28-6-4-22(5-7-28)21-26-17(19(24)32)18(31)20(33)29(21)8-9-34-22/h2-3,10,12,31H,4-9,11H2,1H3,(H2,24,32). The van der Waals surface area contributed by atoms with Crippen molar-refractivity contribution in [3.8, 4) is 11.4 Å². The average Bonchev–Trinajstić information content (AvgIpc) is 3.25. The molecule has 12 heteroatoms. The third-order valence-corrected chi connectivity index (χ3v) is 6.44. The van der Waals surface area contributed by atoms with E-state index in [1.807, 2.05) is 0 Å². The number of nitrogens with two attached hydrogens (primary N) is 1. The molecule has 1 aromatic carbocycles. The van der Waals surface area contributed by atoms with Crippen LogP contribution in [0.3, 0.4) is 0 Å². The van der Waals surface area contributed by atoms with Gasteiger partial charge in [0.05, 0.1) is 18.8 Å². The van der Waals surface area contributed by atoms with Crippen molar-refractivity contribution in [1.82, 2.24) is 29.2 Å². The molecule has 0 radical (unpaired) electrons. The first-order valence-electron chi connectivity index (χ1n) is 10.9. The molecular formula is C22H24FN7O4. The van der Waals surface area contributed by atoms with E-state index in [-0.39, 0.29) is 19.0 Å². The molecule has 11 nitrogen and oxygen atoms in total. The Morgan fingerprint density at radius 2 is 2.06 bits per heavy atom. The lowest BCUT2D eigenvalue weighted by molar-refractivity contribution is -0.118. The normalized spacial score (nSPS) is 17.6. The highest BCUT2D eigenvalue weighted by molar-refractivity contribution is 5.93. The summed E-state index contributed by atoms with van der Waals surface area (Å²) < 4.78 is 23.0. The summed E-state index contributed by atoms with van der Waals surface area (Å²) in [5, 5.41) is 14.4. The molecule has 0 atom stereocenters. The number of fused-ring (bicyclic) bond motifs is 2. The summed E-state index contributed by atoms with van der Waals surface area (Å²) in [4.78, 5) is 34.9. The average molecular weight is 469 g/mol. The van der Waals surface area contributed by atoms with Crippen LogP contribution in [0.1, 0.15) is 40.5 Å². The van der Waals surface area contributed by atoms with Gasteiger partial charge in [-0.2, -0.15) is 5.10 Å². The molecule has 1 spiro atoms. The highest BCUT2D eigenvalue weighted by atomic mass is 19.1. The monoisotopic (exact) mass is 469 g/mol. The quantitative estimate of drug-likeness (QED) is 0.566. The Hall–Kier alpha value is -3.64. The maximum absolute atomic E-state index is 14.0. The Bertz CT molecular complexity index is 1330. The Labute approximate surface area is 193 Å². The Morgan fingerprint density at radius 1 is 1.29 bits per heavy atom. The fraction of sp³-hybridized carbons (Fsp3) is 0.409. The van der Waals surface area contributed by atoms with E-state index in [1.54, 1.807) is 24.0 Å². The third-order valence-electron chi connectivity index (χ3n) is 6.44. The second-order valence-corrected chi connectivity index (χ2v) is 8.58. The van der Waals surface area contributed by atoms with Gasteiger partial charge < -0.3 is 15.6 Å². The van der Waals surface area contributed by atoms with Crippen LogP contribution < -0.4 is 11.3 Å². The number of primary amides is 1. The number of benzene rings is 1. The lowest BCUT2D eigenvalue weighted by atomic mass is 9.88. The number of hydrogen-bond donors (Lipinski definition) is 2. The van der Waals surface area contributed by atoms with E-state index in [9.17, 15) is 19.1 Å². The van der Waals surface area contributed by atoms with Gasteiger partial charge in [0.2, 0.25) is 5.75 Å². The van der Waals surface area contributed by atoms with E-state index < -0.39 is 28.5 Å². The summed E-state index contributed by atoms with van der Waals surface area (Å²) in [6.45, 7) is 4.05. The largest absolute Gasteiger partial charge is 0.501 e. The van der Waals surface area contributed by atoms with E-state index in [1.165, 1.54) is 16.7 Å². The van der Waals surface area contributed by atoms with E-state index in [2.05, 4.69) is 20.0 Å². The van der Waals surface area contributed by atoms with Crippen molar-refractivity contribution in [2.45, 2.75) is 38.5 Å². The van der Waals surface area contributed by atoms with Crippen molar-refractivity contribution in [1.29, 1.82) is 0 Å². The van der Waals surface area contributed by atoms with Gasteiger partial charge in [-0.1, -0.05) is 6.07 Å². The lowest BCUT2D eigenvalue weighted by Crippen LogP contribution is -2.51. The van der Waals surface area contributed by atoms with Crippen LogP contribution in [0.2, 0.25) is 0 Å². The third kappa shape index (κ3) is 3.74. The number of ether oxygens (including phenoxy) is 1. The molecule has 2 aliphatic rings. The number of halogens is 1. The summed E-state index contributed by atoms with van der Waals surface area (Å²) in [5.41, 5.74) is 4.84. The number of hydrogen-bond acceptors (Lipinski definition) is 8. The zero-order valence-corrected chi connectivity index (χ0v) is 18.6. The second kappa shape index (κ2) is 8.29. The number of carbonyl (C=O) groups is 1. The van der Waals surface area contributed by atoms with Crippen molar-refractivity contribution >= 4 is 5.91 Å². The summed E-state index contributed by atoms with van der Waals surface area (Å²) in [7, 11) is 0. The van der Waals surface area contributed by atoms with Gasteiger partial charge in [0.15, 0.2) is 5.69 Å². The molecule has 0 aliphatic carbocycles. The maximum atomic E-state index is 14.0. The number of rotatable bonds is 4. The molecule has 3 aromatic rings. The minimum atomic E-state index is -0.969. The Morgan fingerprint density at radius 3 is 2.74 bits per heavy atom. The topological polar surface area (TPSA) is 141 Å². The zero-order chi connectivity index (χ0) is 24.0. The van der Waals surface area contributed by atoms with Gasteiger partial charge in [-0.3, -0.25) is 19.1 Å². The van der Waals surface area contributed by atoms with Gasteiger partial charge in [0.1, 0.15) is 29.4 Å². The first-order chi connectivity index (χ1) is 16.3. The molecule has 0 saturated carbocycles. The van der Waals surface area contributed by atoms with Crippen molar-refractivity contribution in [3.05, 3.63) is 63.6 Å². The molecule has 178 valence electrons. The van der Waals surface area contributed by atoms with Crippen molar-refractivity contribution < 1.29 is 19.0 Å². The van der Waals surface area contributed by atoms with Gasteiger partial charge in [-0.05, 0) is 37.5 Å². The molecule has 2 aliphatic heterocycles. The summed E-state index contributed by atoms with van der Waals surface area (Å²) in [5.74, 6) is -1.16. The van der Waals surface area contributed by atoms with Crippen LogP contribution in [0.25, 0.3) is 5.69 Å². The Balaban J connectivity index is 1.40. The predicted octanol–water partition coefficient (Wildman–Crippen LogP) is 0.598. The first-order valence-corrected chi connectivity index (χ1v) is 10.9. The summed E-state index contributed by atoms with van der Waals surface area (Å²) in [6, 6.07) is 4.59. The molecule has 1 fully saturated rings. The molecule has 0 bridgehead atoms. The van der Waals surface area contributed by atoms with Gasteiger partial charge >= 0.3 is 0 Å². The van der Waals surface area contributed by atoms with E-state index in [4.69, 9.17) is 10.5 Å². The van der Waals surface area contributed by atoms with E-state index in [0.717, 1.165) is 5.56 Å². The molecule has 1 saturated heterocycles. The molecule has 5 rings (SSSR count). The SMILES string of the molecule is Cc1ncn(-c2cc(F)ccc2CN2CCC3(CC2)OCCn2c3nc(C(N)=O)c(O)c2=O)n1. The van der Waals surface area contributed by atoms with Crippen LogP contribution in [-0.2, 0) is 23.4 Å². The maximum Gasteiger partial charge on any atom is 0.296 e. The number of amides is 1. The number of piperidine rings is 1. The van der Waals surface area contributed by atoms with Crippen LogP contribution in [0.15, 0.2) is 29.3 Å². The smallest absolute Gasteiger partial charge is 0.296 e. The van der Waals surface area contributed by atoms with Crippen LogP contribution in [-0.4, -0.2) is 59.9 Å². The number of nitrogens with zero attached hydrogens (tertiary/aromatic N) is 6. The highest BCUT2D eigenvalue weighted by Gasteiger charge is 2.44. The fourth-order valence-corrected chi connectivity index (χ4v) is 4.70. The van der Waals surface area contributed by atoms with Gasteiger partial charge in [0, 0.05) is 19.6 Å². The van der Waals surface area contributed by atoms with E-state index in [0.29, 0.717) is 49.8 Å². The van der Waals surface area contributed by atoms with Gasteiger partial charge in [-0.15, -0.1) is 0 Å². The van der Waals surface area contributed by atoms with E-state index >= 15 is 0 Å². The summed E-state index contributed by atoms with van der Waals surface area (Å²) in [6.07, 6.45) is 2.59. The minimum Gasteiger partial charge on any atom is -0.501 e. The number of aryl methyl sites for hydroxylation is 1. The molecular weight excluding hydrogens is 445 g/mol. The molecule has 1 amide bonds. The highest BCUT2D eigenvalue weighted by Crippen LogP contribution is 2.38. The Kier molecular flexibility index (Phi) is 5.41. The summed E-state index contributed by atoms with van der Waals surface area (Å²) >= 11 is 0. The van der Waals surface area contributed by atoms with Gasteiger partial charge in [0.25, 0.3) is 11.5 Å². The number of carbonyl (C=O) groups excluding carboxylic acids is 1. The van der Waals surface area contributed by atoms with Crippen LogP contribution in [0.4, 0.5) is 4.39 Å². The molecule has 0 unspecified atom stereocenters. The van der Waals surface area contributed by atoms with Crippen LogP contribution >= 0.6 is 0 Å². The van der Waals surface area contributed by atoms with Gasteiger partial charge in [-0.25, -0.2) is 19.0 Å². The number of aromatic hydroxyl groups is 1. The number of aromatic nitrogens is 5. The molecule has 34 heavy (non-hydrogen) atoms. The van der Waals surface area contributed by atoms with Crippen LogP contribution in [0.5, 0.6) is 5.75 Å². The zero-order valence-electron chi connectivity index (χ0n) is 18.6. The van der Waals surface area contributed by atoms with Crippen molar-refractivity contribution in [3.63, 3.8) is 0 Å².